The summed E-state index contributed by atoms with van der Waals surface area (Å²) in [7, 11) is 0. The molecule has 2 rings (SSSR count). The third kappa shape index (κ3) is 5.27. The van der Waals surface area contributed by atoms with Gasteiger partial charge < -0.3 is 10.2 Å². The molecule has 2 unspecified atom stereocenters. The molecule has 0 amide bonds. The molecule has 26 heavy (non-hydrogen) atoms. The lowest BCUT2D eigenvalue weighted by Gasteiger charge is -2.31. The molecule has 0 saturated heterocycles. The van der Waals surface area contributed by atoms with Gasteiger partial charge in [0.1, 0.15) is 11.5 Å². The maximum Gasteiger partial charge on any atom is 0.123 e. The van der Waals surface area contributed by atoms with E-state index in [4.69, 9.17) is 0 Å². The molecule has 1 aromatic rings. The predicted octanol–water partition coefficient (Wildman–Crippen LogP) is 7.10. The molecule has 0 spiro atoms. The molecule has 0 fully saturated rings. The number of hydrogen-bond acceptors (Lipinski definition) is 2. The molecule has 0 aromatic heterocycles. The average molecular weight is 355 g/mol. The number of unbranched alkanes of at least 4 members (excludes halogenated alkanes) is 4. The first kappa shape index (κ1) is 20.4. The van der Waals surface area contributed by atoms with Crippen LogP contribution < -0.4 is 0 Å². The highest BCUT2D eigenvalue weighted by Crippen LogP contribution is 2.46. The smallest absolute Gasteiger partial charge is 0.123 e. The van der Waals surface area contributed by atoms with E-state index >= 15 is 0 Å². The lowest BCUT2D eigenvalue weighted by atomic mass is 9.73. The average Bonchev–Trinajstić information content (AvgIpc) is 2.57. The molecule has 1 aliphatic carbocycles. The van der Waals surface area contributed by atoms with Crippen LogP contribution in [0.15, 0.2) is 42.0 Å². The molecule has 0 bridgehead atoms. The van der Waals surface area contributed by atoms with E-state index in [-0.39, 0.29) is 23.3 Å². The van der Waals surface area contributed by atoms with E-state index in [1.807, 2.05) is 13.0 Å². The molecular weight excluding hydrogens is 320 g/mol. The Balaban J connectivity index is 2.19. The summed E-state index contributed by atoms with van der Waals surface area (Å²) in [5.41, 5.74) is 3.90. The number of hydrogen-bond donors (Lipinski definition) is 2. The normalized spacial score (nSPS) is 20.3. The monoisotopic (exact) mass is 354 g/mol. The number of phenols is 2. The highest BCUT2D eigenvalue weighted by molar-refractivity contribution is 5.60. The summed E-state index contributed by atoms with van der Waals surface area (Å²) in [5, 5.41) is 21.3. The minimum absolute atomic E-state index is 0.00618. The second kappa shape index (κ2) is 9.66. The van der Waals surface area contributed by atoms with Crippen molar-refractivity contribution in [3.63, 3.8) is 0 Å². The predicted molar refractivity (Wildman–Crippen MR) is 112 cm³/mol. The summed E-state index contributed by atoms with van der Waals surface area (Å²) in [5.74, 6) is 0.611. The zero-order valence-corrected chi connectivity index (χ0v) is 16.6. The Kier molecular flexibility index (Phi) is 7.56. The van der Waals surface area contributed by atoms with Crippen molar-refractivity contribution in [2.45, 2.75) is 71.6 Å². The Morgan fingerprint density at radius 3 is 2.50 bits per heavy atom. The summed E-state index contributed by atoms with van der Waals surface area (Å²) >= 11 is 0. The molecule has 1 aromatic carbocycles. The maximum atomic E-state index is 10.6. The van der Waals surface area contributed by atoms with Crippen LogP contribution in [-0.4, -0.2) is 10.2 Å². The van der Waals surface area contributed by atoms with Gasteiger partial charge in [-0.1, -0.05) is 62.1 Å². The summed E-state index contributed by atoms with van der Waals surface area (Å²) in [4.78, 5) is 0. The molecule has 0 heterocycles. The lowest BCUT2D eigenvalue weighted by molar-refractivity contribution is 0.407. The van der Waals surface area contributed by atoms with Gasteiger partial charge >= 0.3 is 0 Å². The number of benzene rings is 1. The maximum absolute atomic E-state index is 10.6. The van der Waals surface area contributed by atoms with Crippen molar-refractivity contribution in [1.29, 1.82) is 0 Å². The molecule has 0 aliphatic heterocycles. The molecule has 2 atom stereocenters. The zero-order valence-electron chi connectivity index (χ0n) is 16.6. The van der Waals surface area contributed by atoms with Crippen LogP contribution in [0.25, 0.3) is 6.08 Å². The Bertz CT molecular complexity index is 658. The first-order valence-electron chi connectivity index (χ1n) is 9.99. The topological polar surface area (TPSA) is 40.5 Å². The van der Waals surface area contributed by atoms with Crippen molar-refractivity contribution in [1.82, 2.24) is 0 Å². The van der Waals surface area contributed by atoms with Gasteiger partial charge in [0.2, 0.25) is 0 Å². The van der Waals surface area contributed by atoms with E-state index in [1.165, 1.54) is 31.3 Å². The van der Waals surface area contributed by atoms with Crippen molar-refractivity contribution in [2.24, 2.45) is 5.92 Å². The van der Waals surface area contributed by atoms with Gasteiger partial charge in [-0.25, -0.2) is 0 Å². The number of allylic oxidation sites excluding steroid dienone is 4. The van der Waals surface area contributed by atoms with Gasteiger partial charge in [0, 0.05) is 11.5 Å². The molecule has 0 radical (unpaired) electrons. The molecule has 2 nitrogen and oxygen atoms in total. The van der Waals surface area contributed by atoms with Crippen LogP contribution in [0.1, 0.15) is 82.8 Å². The molecule has 2 heteroatoms. The van der Waals surface area contributed by atoms with Crippen LogP contribution in [0.3, 0.4) is 0 Å². The van der Waals surface area contributed by atoms with Crippen LogP contribution in [0.5, 0.6) is 11.5 Å². The zero-order chi connectivity index (χ0) is 19.1. The molecule has 2 N–H and O–H groups in total. The van der Waals surface area contributed by atoms with Crippen molar-refractivity contribution in [3.8, 4) is 11.5 Å². The van der Waals surface area contributed by atoms with Gasteiger partial charge in [0.05, 0.1) is 0 Å². The van der Waals surface area contributed by atoms with Crippen LogP contribution in [0.2, 0.25) is 0 Å². The minimum Gasteiger partial charge on any atom is -0.507 e. The number of phenolic OH excluding ortho intramolecular Hbond substituents is 2. The quantitative estimate of drug-likeness (QED) is 0.386. The highest BCUT2D eigenvalue weighted by atomic mass is 16.3. The summed E-state index contributed by atoms with van der Waals surface area (Å²) in [6, 6.07) is 3.54. The van der Waals surface area contributed by atoms with Gasteiger partial charge in [0.15, 0.2) is 0 Å². The fourth-order valence-corrected chi connectivity index (χ4v) is 3.90. The number of rotatable bonds is 8. The van der Waals surface area contributed by atoms with Gasteiger partial charge in [-0.3, -0.25) is 0 Å². The van der Waals surface area contributed by atoms with Crippen LogP contribution in [0.4, 0.5) is 0 Å². The van der Waals surface area contributed by atoms with Gasteiger partial charge in [-0.15, -0.1) is 0 Å². The largest absolute Gasteiger partial charge is 0.507 e. The fourth-order valence-electron chi connectivity index (χ4n) is 3.90. The molecule has 1 aliphatic rings. The van der Waals surface area contributed by atoms with Crippen molar-refractivity contribution >= 4 is 6.08 Å². The third-order valence-corrected chi connectivity index (χ3v) is 5.41. The Hall–Kier alpha value is -1.96. The van der Waals surface area contributed by atoms with Gasteiger partial charge in [0.25, 0.3) is 0 Å². The first-order valence-corrected chi connectivity index (χ1v) is 9.99. The molecular formula is C24H34O2. The molecule has 0 saturated carbocycles. The standard InChI is InChI=1S/C24H34O2/c1-5-6-7-8-9-10-11-19-15-22(25)24(23(26)16-19)21-14-18(4)12-13-20(21)17(2)3/h10-11,14-16,20-21,25-26H,2,5-9,12-13H2,1,3-4H3/b11-10+. The van der Waals surface area contributed by atoms with Crippen molar-refractivity contribution in [2.75, 3.05) is 0 Å². The first-order chi connectivity index (χ1) is 12.4. The third-order valence-electron chi connectivity index (χ3n) is 5.41. The summed E-state index contributed by atoms with van der Waals surface area (Å²) in [6.07, 6.45) is 14.4. The summed E-state index contributed by atoms with van der Waals surface area (Å²) in [6.45, 7) is 10.5. The van der Waals surface area contributed by atoms with Crippen molar-refractivity contribution in [3.05, 3.63) is 53.1 Å². The van der Waals surface area contributed by atoms with E-state index in [0.717, 1.165) is 30.4 Å². The van der Waals surface area contributed by atoms with Gasteiger partial charge in [-0.05, 0) is 63.1 Å². The molecule has 142 valence electrons. The van der Waals surface area contributed by atoms with E-state index < -0.39 is 0 Å². The Morgan fingerprint density at radius 2 is 1.88 bits per heavy atom. The van der Waals surface area contributed by atoms with E-state index in [0.29, 0.717) is 5.56 Å². The van der Waals surface area contributed by atoms with Crippen LogP contribution >= 0.6 is 0 Å². The SMILES string of the molecule is C=C(C)C1CCC(C)=CC1c1c(O)cc(/C=C/CCCCCC)cc1O. The van der Waals surface area contributed by atoms with Crippen LogP contribution in [-0.2, 0) is 0 Å². The summed E-state index contributed by atoms with van der Waals surface area (Å²) < 4.78 is 0. The fraction of sp³-hybridized carbons (Fsp3) is 0.500. The highest BCUT2D eigenvalue weighted by Gasteiger charge is 2.29. The number of aromatic hydroxyl groups is 2. The minimum atomic E-state index is -0.00618. The van der Waals surface area contributed by atoms with Crippen molar-refractivity contribution < 1.29 is 10.2 Å². The second-order valence-electron chi connectivity index (χ2n) is 7.75. The second-order valence-corrected chi connectivity index (χ2v) is 7.75. The Morgan fingerprint density at radius 1 is 1.19 bits per heavy atom. The van der Waals surface area contributed by atoms with E-state index in [1.54, 1.807) is 12.1 Å². The van der Waals surface area contributed by atoms with Gasteiger partial charge in [-0.2, -0.15) is 0 Å². The Labute approximate surface area is 159 Å². The lowest BCUT2D eigenvalue weighted by Crippen LogP contribution is -2.17. The van der Waals surface area contributed by atoms with Crippen LogP contribution in [0, 0.1) is 5.92 Å². The van der Waals surface area contributed by atoms with E-state index in [9.17, 15) is 10.2 Å². The van der Waals surface area contributed by atoms with E-state index in [2.05, 4.69) is 32.6 Å².